The molecule has 98 valence electrons. The lowest BCUT2D eigenvalue weighted by molar-refractivity contribution is 0.0659. The fraction of sp³-hybridized carbons (Fsp3) is 0.615. The summed E-state index contributed by atoms with van der Waals surface area (Å²) in [6.45, 7) is 3.48. The van der Waals surface area contributed by atoms with Crippen molar-refractivity contribution in [1.82, 2.24) is 14.8 Å². The normalized spacial score (nSPS) is 21.3. The molecule has 3 N–H and O–H groups in total. The third-order valence-corrected chi connectivity index (χ3v) is 3.92. The molecule has 0 atom stereocenters. The molecule has 5 nitrogen and oxygen atoms in total. The van der Waals surface area contributed by atoms with Gasteiger partial charge in [0.1, 0.15) is 11.5 Å². The first kappa shape index (κ1) is 11.6. The average Bonchev–Trinajstić information content (AvgIpc) is 3.13. The van der Waals surface area contributed by atoms with Crippen LogP contribution in [0.2, 0.25) is 0 Å². The Balaban J connectivity index is 1.73. The van der Waals surface area contributed by atoms with Crippen molar-refractivity contribution in [2.75, 3.05) is 39.0 Å². The summed E-state index contributed by atoms with van der Waals surface area (Å²) in [5.74, 6) is 1.34. The van der Waals surface area contributed by atoms with E-state index in [1.54, 1.807) is 0 Å². The summed E-state index contributed by atoms with van der Waals surface area (Å²) in [6, 6.07) is 1.95. The molecule has 1 aromatic heterocycles. The molecule has 0 unspecified atom stereocenters. The zero-order valence-corrected chi connectivity index (χ0v) is 10.8. The third kappa shape index (κ3) is 2.10. The van der Waals surface area contributed by atoms with Crippen LogP contribution in [0, 0.1) is 0 Å². The summed E-state index contributed by atoms with van der Waals surface area (Å²) >= 11 is 0. The van der Waals surface area contributed by atoms with Crippen LogP contribution in [-0.4, -0.2) is 53.9 Å². The SMILES string of the molecule is CN1CCN(C(=O)c2cc(C3CC3)c(N)[nH]2)CC1. The molecular weight excluding hydrogens is 228 g/mol. The van der Waals surface area contributed by atoms with Crippen molar-refractivity contribution in [2.24, 2.45) is 0 Å². The summed E-state index contributed by atoms with van der Waals surface area (Å²) in [7, 11) is 2.08. The molecule has 1 aliphatic heterocycles. The van der Waals surface area contributed by atoms with Crippen LogP contribution < -0.4 is 5.73 Å². The van der Waals surface area contributed by atoms with Crippen molar-refractivity contribution < 1.29 is 4.79 Å². The number of rotatable bonds is 2. The summed E-state index contributed by atoms with van der Waals surface area (Å²) < 4.78 is 0. The molecule has 1 aromatic rings. The van der Waals surface area contributed by atoms with Gasteiger partial charge in [-0.25, -0.2) is 0 Å². The monoisotopic (exact) mass is 248 g/mol. The van der Waals surface area contributed by atoms with E-state index in [-0.39, 0.29) is 5.91 Å². The Morgan fingerprint density at radius 3 is 2.61 bits per heavy atom. The van der Waals surface area contributed by atoms with Crippen molar-refractivity contribution in [1.29, 1.82) is 0 Å². The number of likely N-dealkylation sites (N-methyl/N-ethyl adjacent to an activating group) is 1. The second-order valence-electron chi connectivity index (χ2n) is 5.42. The van der Waals surface area contributed by atoms with E-state index in [1.165, 1.54) is 12.8 Å². The van der Waals surface area contributed by atoms with Gasteiger partial charge in [0.2, 0.25) is 0 Å². The molecule has 0 spiro atoms. The van der Waals surface area contributed by atoms with E-state index in [1.807, 2.05) is 11.0 Å². The van der Waals surface area contributed by atoms with Crippen LogP contribution in [0.25, 0.3) is 0 Å². The Morgan fingerprint density at radius 1 is 1.33 bits per heavy atom. The molecule has 2 fully saturated rings. The highest BCUT2D eigenvalue weighted by atomic mass is 16.2. The Hall–Kier alpha value is -1.49. The number of hydrogen-bond donors (Lipinski definition) is 2. The van der Waals surface area contributed by atoms with Crippen molar-refractivity contribution in [3.05, 3.63) is 17.3 Å². The summed E-state index contributed by atoms with van der Waals surface area (Å²) in [5, 5.41) is 0. The maximum absolute atomic E-state index is 12.3. The number of nitrogens with zero attached hydrogens (tertiary/aromatic N) is 2. The molecule has 2 heterocycles. The van der Waals surface area contributed by atoms with E-state index < -0.39 is 0 Å². The minimum Gasteiger partial charge on any atom is -0.385 e. The summed E-state index contributed by atoms with van der Waals surface area (Å²) in [4.78, 5) is 19.5. The van der Waals surface area contributed by atoms with Gasteiger partial charge in [-0.15, -0.1) is 0 Å². The van der Waals surface area contributed by atoms with Gasteiger partial charge < -0.3 is 20.5 Å². The van der Waals surface area contributed by atoms with Crippen molar-refractivity contribution in [2.45, 2.75) is 18.8 Å². The molecule has 18 heavy (non-hydrogen) atoms. The molecule has 1 amide bonds. The maximum Gasteiger partial charge on any atom is 0.270 e. The molecule has 3 rings (SSSR count). The highest BCUT2D eigenvalue weighted by molar-refractivity contribution is 5.93. The lowest BCUT2D eigenvalue weighted by atomic mass is 10.2. The standard InChI is InChI=1S/C13H20N4O/c1-16-4-6-17(7-5-16)13(18)11-8-10(9-2-3-9)12(14)15-11/h8-9,15H,2-7,14H2,1H3. The van der Waals surface area contributed by atoms with Gasteiger partial charge in [-0.3, -0.25) is 4.79 Å². The maximum atomic E-state index is 12.3. The van der Waals surface area contributed by atoms with Crippen molar-refractivity contribution in [3.63, 3.8) is 0 Å². The Labute approximate surface area is 107 Å². The van der Waals surface area contributed by atoms with Crippen LogP contribution in [0.3, 0.4) is 0 Å². The van der Waals surface area contributed by atoms with Gasteiger partial charge in [0.25, 0.3) is 5.91 Å². The predicted octanol–water partition coefficient (Wildman–Crippen LogP) is 0.862. The number of aromatic amines is 1. The van der Waals surface area contributed by atoms with Gasteiger partial charge in [-0.2, -0.15) is 0 Å². The Bertz CT molecular complexity index is 456. The molecule has 2 aliphatic rings. The molecule has 5 heteroatoms. The largest absolute Gasteiger partial charge is 0.385 e. The number of piperazine rings is 1. The van der Waals surface area contributed by atoms with E-state index >= 15 is 0 Å². The highest BCUT2D eigenvalue weighted by Crippen LogP contribution is 2.43. The van der Waals surface area contributed by atoms with Crippen LogP contribution in [0.1, 0.15) is 34.8 Å². The molecule has 1 saturated carbocycles. The molecule has 0 radical (unpaired) electrons. The average molecular weight is 248 g/mol. The number of nitrogens with one attached hydrogen (secondary N) is 1. The zero-order valence-electron chi connectivity index (χ0n) is 10.8. The lowest BCUT2D eigenvalue weighted by Gasteiger charge is -2.32. The number of carbonyl (C=O) groups is 1. The van der Waals surface area contributed by atoms with Gasteiger partial charge in [0.15, 0.2) is 0 Å². The Morgan fingerprint density at radius 2 is 2.00 bits per heavy atom. The first-order valence-electron chi connectivity index (χ1n) is 6.61. The number of nitrogen functional groups attached to an aromatic ring is 1. The number of nitrogens with two attached hydrogens (primary N) is 1. The van der Waals surface area contributed by atoms with Gasteiger partial charge in [0.05, 0.1) is 0 Å². The van der Waals surface area contributed by atoms with Crippen LogP contribution in [0.15, 0.2) is 6.07 Å². The van der Waals surface area contributed by atoms with E-state index in [0.29, 0.717) is 17.4 Å². The van der Waals surface area contributed by atoms with E-state index in [4.69, 9.17) is 5.73 Å². The number of hydrogen-bond acceptors (Lipinski definition) is 3. The van der Waals surface area contributed by atoms with Crippen LogP contribution in [0.4, 0.5) is 5.82 Å². The summed E-state index contributed by atoms with van der Waals surface area (Å²) in [6.07, 6.45) is 2.40. The topological polar surface area (TPSA) is 65.4 Å². The predicted molar refractivity (Wildman–Crippen MR) is 70.6 cm³/mol. The number of anilines is 1. The van der Waals surface area contributed by atoms with E-state index in [0.717, 1.165) is 31.7 Å². The fourth-order valence-electron chi connectivity index (χ4n) is 2.51. The second-order valence-corrected chi connectivity index (χ2v) is 5.42. The highest BCUT2D eigenvalue weighted by Gasteiger charge is 2.29. The number of aromatic nitrogens is 1. The number of H-pyrrole nitrogens is 1. The van der Waals surface area contributed by atoms with Gasteiger partial charge in [-0.1, -0.05) is 0 Å². The molecule has 0 bridgehead atoms. The minimum atomic E-state index is 0.0849. The van der Waals surface area contributed by atoms with Gasteiger partial charge in [0, 0.05) is 26.2 Å². The third-order valence-electron chi connectivity index (χ3n) is 3.92. The molecule has 1 aliphatic carbocycles. The van der Waals surface area contributed by atoms with Crippen LogP contribution in [0.5, 0.6) is 0 Å². The zero-order chi connectivity index (χ0) is 12.7. The summed E-state index contributed by atoms with van der Waals surface area (Å²) in [5.41, 5.74) is 7.72. The van der Waals surface area contributed by atoms with Crippen LogP contribution in [-0.2, 0) is 0 Å². The lowest BCUT2D eigenvalue weighted by Crippen LogP contribution is -2.47. The minimum absolute atomic E-state index is 0.0849. The molecule has 0 aromatic carbocycles. The second kappa shape index (κ2) is 4.31. The van der Waals surface area contributed by atoms with E-state index in [2.05, 4.69) is 16.9 Å². The van der Waals surface area contributed by atoms with Gasteiger partial charge in [-0.05, 0) is 37.4 Å². The van der Waals surface area contributed by atoms with Crippen LogP contribution >= 0.6 is 0 Å². The first-order chi connectivity index (χ1) is 8.65. The number of amides is 1. The fourth-order valence-corrected chi connectivity index (χ4v) is 2.51. The molecular formula is C13H20N4O. The quantitative estimate of drug-likeness (QED) is 0.816. The smallest absolute Gasteiger partial charge is 0.270 e. The van der Waals surface area contributed by atoms with Gasteiger partial charge >= 0.3 is 0 Å². The molecule has 1 saturated heterocycles. The number of carbonyl (C=O) groups excluding carboxylic acids is 1. The van der Waals surface area contributed by atoms with Crippen molar-refractivity contribution >= 4 is 11.7 Å². The first-order valence-corrected chi connectivity index (χ1v) is 6.61. The Kier molecular flexibility index (Phi) is 2.78. The van der Waals surface area contributed by atoms with Crippen molar-refractivity contribution in [3.8, 4) is 0 Å². The van der Waals surface area contributed by atoms with E-state index in [9.17, 15) is 4.79 Å².